The number of benzene rings is 1. The molecule has 0 saturated carbocycles. The van der Waals surface area contributed by atoms with Crippen LogP contribution in [0.1, 0.15) is 17.5 Å². The maximum atomic E-state index is 12.5. The fraction of sp³-hybridized carbons (Fsp3) is 0.759. The number of methoxy groups -OCH3 is 2. The topological polar surface area (TPSA) is 115 Å². The molecule has 1 rings (SSSR count). The third kappa shape index (κ3) is 20.6. The Bertz CT molecular complexity index is 756. The minimum Gasteiger partial charge on any atom is -0.388 e. The van der Waals surface area contributed by atoms with E-state index in [9.17, 15) is 4.79 Å². The van der Waals surface area contributed by atoms with E-state index in [2.05, 4.69) is 5.32 Å². The monoisotopic (exact) mass is 588 g/mol. The van der Waals surface area contributed by atoms with Gasteiger partial charge in [0, 0.05) is 40.5 Å². The molecule has 0 aromatic heterocycles. The van der Waals surface area contributed by atoms with E-state index in [1.807, 2.05) is 25.2 Å². The van der Waals surface area contributed by atoms with Crippen LogP contribution in [0.15, 0.2) is 18.2 Å². The summed E-state index contributed by atoms with van der Waals surface area (Å²) < 4.78 is 48.3. The van der Waals surface area contributed by atoms with Gasteiger partial charge in [-0.05, 0) is 23.3 Å². The lowest BCUT2D eigenvalue weighted by atomic mass is 10.1. The van der Waals surface area contributed by atoms with Crippen molar-refractivity contribution in [3.05, 3.63) is 29.3 Å². The molecule has 41 heavy (non-hydrogen) atoms. The highest BCUT2D eigenvalue weighted by molar-refractivity contribution is 5.76. The van der Waals surface area contributed by atoms with Gasteiger partial charge in [-0.3, -0.25) is 4.79 Å². The number of nitrogens with one attached hydrogen (secondary N) is 1. The van der Waals surface area contributed by atoms with Gasteiger partial charge in [0.2, 0.25) is 5.91 Å². The summed E-state index contributed by atoms with van der Waals surface area (Å²) in [5.74, 6) is 0.0240. The predicted molar refractivity (Wildman–Crippen MR) is 155 cm³/mol. The zero-order valence-electron chi connectivity index (χ0n) is 25.5. The Morgan fingerprint density at radius 1 is 0.634 bits per heavy atom. The molecule has 1 aromatic rings. The summed E-state index contributed by atoms with van der Waals surface area (Å²) in [6, 6.07) is 6.06. The van der Waals surface area contributed by atoms with Gasteiger partial charge in [-0.1, -0.05) is 6.07 Å². The van der Waals surface area contributed by atoms with Crippen molar-refractivity contribution in [3.8, 4) is 0 Å². The Morgan fingerprint density at radius 3 is 1.49 bits per heavy atom. The van der Waals surface area contributed by atoms with Crippen LogP contribution in [0.25, 0.3) is 0 Å². The Balaban J connectivity index is 1.88. The van der Waals surface area contributed by atoms with Crippen LogP contribution in [-0.2, 0) is 60.6 Å². The normalized spacial score (nSPS) is 11.2. The number of rotatable bonds is 29. The zero-order valence-corrected chi connectivity index (χ0v) is 25.5. The molecular formula is C29H52N2O10. The van der Waals surface area contributed by atoms with E-state index < -0.39 is 0 Å². The lowest BCUT2D eigenvalue weighted by Gasteiger charge is -2.20. The summed E-state index contributed by atoms with van der Waals surface area (Å²) in [5, 5.41) is 3.13. The number of nitrogens with zero attached hydrogens (tertiary/aromatic N) is 1. The molecule has 0 aliphatic heterocycles. The van der Waals surface area contributed by atoms with E-state index in [1.54, 1.807) is 26.2 Å². The molecule has 0 radical (unpaired) electrons. The van der Waals surface area contributed by atoms with E-state index in [0.717, 1.165) is 16.8 Å². The maximum Gasteiger partial charge on any atom is 0.224 e. The van der Waals surface area contributed by atoms with E-state index in [-0.39, 0.29) is 5.91 Å². The first-order valence-electron chi connectivity index (χ1n) is 14.2. The van der Waals surface area contributed by atoms with Crippen molar-refractivity contribution >= 4 is 11.6 Å². The van der Waals surface area contributed by atoms with Gasteiger partial charge in [-0.15, -0.1) is 0 Å². The minimum atomic E-state index is 0.0240. The third-order valence-corrected chi connectivity index (χ3v) is 5.75. The highest BCUT2D eigenvalue weighted by Crippen LogP contribution is 2.18. The molecule has 0 atom stereocenters. The quantitative estimate of drug-likeness (QED) is 0.139. The molecule has 0 fully saturated rings. The lowest BCUT2D eigenvalue weighted by molar-refractivity contribution is -0.131. The van der Waals surface area contributed by atoms with Crippen molar-refractivity contribution in [2.75, 3.05) is 133 Å². The second kappa shape index (κ2) is 27.0. The number of amides is 1. The highest BCUT2D eigenvalue weighted by Gasteiger charge is 2.12. The molecule has 0 aliphatic carbocycles. The number of hydrogen-bond donors (Lipinski definition) is 1. The number of hydrogen-bond acceptors (Lipinski definition) is 11. The van der Waals surface area contributed by atoms with Crippen molar-refractivity contribution in [2.45, 2.75) is 19.6 Å². The second-order valence-electron chi connectivity index (χ2n) is 8.95. The van der Waals surface area contributed by atoms with Crippen molar-refractivity contribution in [1.29, 1.82) is 0 Å². The van der Waals surface area contributed by atoms with E-state index in [1.165, 1.54) is 0 Å². The molecule has 0 unspecified atom stereocenters. The summed E-state index contributed by atoms with van der Waals surface area (Å²) in [6.07, 6.45) is 0.314. The van der Waals surface area contributed by atoms with Crippen LogP contribution in [0.5, 0.6) is 0 Å². The van der Waals surface area contributed by atoms with Gasteiger partial charge >= 0.3 is 0 Å². The number of anilines is 1. The van der Waals surface area contributed by atoms with Crippen LogP contribution in [0, 0.1) is 0 Å². The average Bonchev–Trinajstić information content (AvgIpc) is 2.98. The Morgan fingerprint density at radius 2 is 1.07 bits per heavy atom. The van der Waals surface area contributed by atoms with E-state index in [0.29, 0.717) is 119 Å². The minimum absolute atomic E-state index is 0.0240. The van der Waals surface area contributed by atoms with Crippen LogP contribution in [0.2, 0.25) is 0 Å². The number of ether oxygens (including phenoxy) is 9. The molecule has 12 heteroatoms. The lowest BCUT2D eigenvalue weighted by Crippen LogP contribution is -2.27. The van der Waals surface area contributed by atoms with Crippen molar-refractivity contribution in [3.63, 3.8) is 0 Å². The summed E-state index contributed by atoms with van der Waals surface area (Å²) >= 11 is 0. The molecule has 238 valence electrons. The summed E-state index contributed by atoms with van der Waals surface area (Å²) in [6.45, 7) is 8.52. The van der Waals surface area contributed by atoms with Gasteiger partial charge in [-0.25, -0.2) is 0 Å². The van der Waals surface area contributed by atoms with Crippen LogP contribution in [0.4, 0.5) is 5.69 Å². The maximum absolute atomic E-state index is 12.5. The molecule has 0 heterocycles. The molecule has 1 N–H and O–H groups in total. The van der Waals surface area contributed by atoms with E-state index >= 15 is 0 Å². The smallest absolute Gasteiger partial charge is 0.224 e. The van der Waals surface area contributed by atoms with E-state index in [4.69, 9.17) is 42.6 Å². The molecule has 1 aromatic carbocycles. The Labute approximate surface area is 245 Å². The molecule has 1 amide bonds. The van der Waals surface area contributed by atoms with Crippen molar-refractivity contribution in [2.24, 2.45) is 0 Å². The summed E-state index contributed by atoms with van der Waals surface area (Å²) in [5.41, 5.74) is 3.12. The average molecular weight is 589 g/mol. The first kappa shape index (κ1) is 37.2. The first-order valence-corrected chi connectivity index (χ1v) is 14.2. The van der Waals surface area contributed by atoms with Gasteiger partial charge in [-0.2, -0.15) is 0 Å². The Hall–Kier alpha value is -1.87. The molecule has 0 aliphatic rings. The molecular weight excluding hydrogens is 536 g/mol. The third-order valence-electron chi connectivity index (χ3n) is 5.75. The van der Waals surface area contributed by atoms with Crippen molar-refractivity contribution in [1.82, 2.24) is 4.90 Å². The molecule has 0 bridgehead atoms. The van der Waals surface area contributed by atoms with Crippen LogP contribution in [0.3, 0.4) is 0 Å². The van der Waals surface area contributed by atoms with Crippen LogP contribution >= 0.6 is 0 Å². The van der Waals surface area contributed by atoms with Crippen molar-refractivity contribution < 1.29 is 47.4 Å². The summed E-state index contributed by atoms with van der Waals surface area (Å²) in [4.78, 5) is 14.2. The second-order valence-corrected chi connectivity index (χ2v) is 8.95. The fourth-order valence-corrected chi connectivity index (χ4v) is 3.48. The number of carbonyl (C=O) groups excluding carboxylic acids is 1. The standard InChI is InChI=1S/C29H52N2O10/c1-30-28-6-5-26(25-34-4)27(23-28)24-31(2)29(32)7-8-35-11-12-37-15-16-39-19-20-41-22-21-40-18-17-38-14-13-36-10-9-33-3/h5-6,23,30H,7-22,24-25H2,1-4H3. The van der Waals surface area contributed by atoms with Gasteiger partial charge in [0.15, 0.2) is 0 Å². The Kier molecular flexibility index (Phi) is 24.5. The van der Waals surface area contributed by atoms with Gasteiger partial charge < -0.3 is 52.8 Å². The van der Waals surface area contributed by atoms with Gasteiger partial charge in [0.25, 0.3) is 0 Å². The number of carbonyl (C=O) groups is 1. The zero-order chi connectivity index (χ0) is 29.8. The largest absolute Gasteiger partial charge is 0.388 e. The fourth-order valence-electron chi connectivity index (χ4n) is 3.48. The predicted octanol–water partition coefficient (Wildman–Crippen LogP) is 1.99. The summed E-state index contributed by atoms with van der Waals surface area (Å²) in [7, 11) is 6.98. The SMILES string of the molecule is CNc1ccc(COC)c(CN(C)C(=O)CCOCCOCCOCCOCCOCCOCCOCCOC)c1. The highest BCUT2D eigenvalue weighted by atomic mass is 16.6. The molecule has 0 spiro atoms. The molecule has 0 saturated heterocycles. The first-order chi connectivity index (χ1) is 20.1. The van der Waals surface area contributed by atoms with Crippen LogP contribution in [-0.4, -0.2) is 138 Å². The van der Waals surface area contributed by atoms with Gasteiger partial charge in [0.1, 0.15) is 0 Å². The van der Waals surface area contributed by atoms with Crippen LogP contribution < -0.4 is 5.32 Å². The molecule has 12 nitrogen and oxygen atoms in total. The van der Waals surface area contributed by atoms with Gasteiger partial charge in [0.05, 0.1) is 112 Å².